The first-order chi connectivity index (χ1) is 8.21. The molecule has 94 valence electrons. The van der Waals surface area contributed by atoms with Crippen LogP contribution in [0.1, 0.15) is 33.6 Å². The second kappa shape index (κ2) is 6.89. The van der Waals surface area contributed by atoms with Gasteiger partial charge in [0.1, 0.15) is 5.82 Å². The molecule has 17 heavy (non-hydrogen) atoms. The average molecular weight is 235 g/mol. The molecule has 0 atom stereocenters. The smallest absolute Gasteiger partial charge is 0.225 e. The third kappa shape index (κ3) is 4.06. The first-order valence-corrected chi connectivity index (χ1v) is 6.22. The molecular formula is C13H21N3O. The number of rotatable bonds is 6. The molecule has 0 aromatic carbocycles. The molecule has 0 saturated heterocycles. The van der Waals surface area contributed by atoms with Crippen LogP contribution in [-0.2, 0) is 4.79 Å². The summed E-state index contributed by atoms with van der Waals surface area (Å²) < 4.78 is 0. The Labute approximate surface area is 103 Å². The lowest BCUT2D eigenvalue weighted by Gasteiger charge is -2.20. The van der Waals surface area contributed by atoms with E-state index in [1.807, 2.05) is 19.1 Å². The monoisotopic (exact) mass is 235 g/mol. The highest BCUT2D eigenvalue weighted by molar-refractivity contribution is 5.89. The van der Waals surface area contributed by atoms with Gasteiger partial charge in [-0.25, -0.2) is 4.98 Å². The van der Waals surface area contributed by atoms with Crippen molar-refractivity contribution in [3.63, 3.8) is 0 Å². The minimum atomic E-state index is 0.0237. The molecule has 0 aliphatic heterocycles. The van der Waals surface area contributed by atoms with Crippen LogP contribution < -0.4 is 10.2 Å². The highest BCUT2D eigenvalue weighted by Gasteiger charge is 2.04. The number of nitrogens with one attached hydrogen (secondary N) is 1. The Morgan fingerprint density at radius 3 is 2.47 bits per heavy atom. The van der Waals surface area contributed by atoms with Crippen molar-refractivity contribution in [2.75, 3.05) is 23.3 Å². The Morgan fingerprint density at radius 2 is 2.00 bits per heavy atom. The van der Waals surface area contributed by atoms with E-state index < -0.39 is 0 Å². The van der Waals surface area contributed by atoms with Gasteiger partial charge in [0.2, 0.25) is 5.91 Å². The molecule has 1 amide bonds. The Balaban J connectivity index is 2.64. The molecule has 0 bridgehead atoms. The molecule has 0 fully saturated rings. The predicted molar refractivity (Wildman–Crippen MR) is 71.3 cm³/mol. The molecule has 4 nitrogen and oxygen atoms in total. The lowest BCUT2D eigenvalue weighted by molar-refractivity contribution is -0.116. The van der Waals surface area contributed by atoms with Crippen LogP contribution in [-0.4, -0.2) is 24.0 Å². The molecule has 1 heterocycles. The third-order valence-electron chi connectivity index (χ3n) is 2.62. The number of hydrogen-bond donors (Lipinski definition) is 1. The van der Waals surface area contributed by atoms with Gasteiger partial charge in [-0.05, 0) is 32.4 Å². The molecule has 4 heteroatoms. The van der Waals surface area contributed by atoms with Crippen molar-refractivity contribution in [1.82, 2.24) is 4.98 Å². The molecule has 0 aliphatic rings. The summed E-state index contributed by atoms with van der Waals surface area (Å²) in [7, 11) is 0. The summed E-state index contributed by atoms with van der Waals surface area (Å²) >= 11 is 0. The van der Waals surface area contributed by atoms with Gasteiger partial charge in [0.25, 0.3) is 0 Å². The van der Waals surface area contributed by atoms with E-state index in [1.165, 1.54) is 0 Å². The van der Waals surface area contributed by atoms with Gasteiger partial charge in [0.15, 0.2) is 0 Å². The van der Waals surface area contributed by atoms with Gasteiger partial charge in [-0.1, -0.05) is 6.92 Å². The summed E-state index contributed by atoms with van der Waals surface area (Å²) in [6.07, 6.45) is 3.19. The summed E-state index contributed by atoms with van der Waals surface area (Å²) in [5, 5.41) is 2.78. The van der Waals surface area contributed by atoms with Crippen LogP contribution in [0.5, 0.6) is 0 Å². The lowest BCUT2D eigenvalue weighted by atomic mass is 10.3. The van der Waals surface area contributed by atoms with Crippen molar-refractivity contribution < 1.29 is 4.79 Å². The van der Waals surface area contributed by atoms with E-state index in [0.717, 1.165) is 25.2 Å². The van der Waals surface area contributed by atoms with E-state index >= 15 is 0 Å². The summed E-state index contributed by atoms with van der Waals surface area (Å²) in [6, 6.07) is 3.84. The van der Waals surface area contributed by atoms with Crippen LogP contribution in [0.2, 0.25) is 0 Å². The van der Waals surface area contributed by atoms with E-state index in [-0.39, 0.29) is 5.91 Å². The molecule has 1 rings (SSSR count). The number of carbonyl (C=O) groups is 1. The maximum Gasteiger partial charge on any atom is 0.225 e. The fourth-order valence-corrected chi connectivity index (χ4v) is 1.67. The third-order valence-corrected chi connectivity index (χ3v) is 2.62. The van der Waals surface area contributed by atoms with Gasteiger partial charge in [-0.15, -0.1) is 0 Å². The van der Waals surface area contributed by atoms with Crippen LogP contribution in [0.15, 0.2) is 18.3 Å². The number of anilines is 2. The van der Waals surface area contributed by atoms with Gasteiger partial charge in [-0.2, -0.15) is 0 Å². The molecule has 0 unspecified atom stereocenters. The van der Waals surface area contributed by atoms with E-state index in [9.17, 15) is 4.79 Å². The SMILES string of the molecule is CCCC(=O)Nc1ccc(N(CC)CC)cn1. The van der Waals surface area contributed by atoms with Gasteiger partial charge >= 0.3 is 0 Å². The Bertz CT molecular complexity index is 344. The van der Waals surface area contributed by atoms with Crippen molar-refractivity contribution in [3.05, 3.63) is 18.3 Å². The van der Waals surface area contributed by atoms with Gasteiger partial charge in [0.05, 0.1) is 11.9 Å². The molecule has 0 radical (unpaired) electrons. The van der Waals surface area contributed by atoms with E-state index in [1.54, 1.807) is 6.20 Å². The van der Waals surface area contributed by atoms with Crippen LogP contribution in [0.3, 0.4) is 0 Å². The maximum atomic E-state index is 11.4. The Kier molecular flexibility index (Phi) is 5.46. The van der Waals surface area contributed by atoms with Crippen molar-refractivity contribution in [1.29, 1.82) is 0 Å². The number of nitrogens with zero attached hydrogens (tertiary/aromatic N) is 2. The largest absolute Gasteiger partial charge is 0.371 e. The average Bonchev–Trinajstić information content (AvgIpc) is 2.33. The minimum absolute atomic E-state index is 0.0237. The van der Waals surface area contributed by atoms with E-state index in [2.05, 4.69) is 29.0 Å². The van der Waals surface area contributed by atoms with E-state index in [4.69, 9.17) is 0 Å². The predicted octanol–water partition coefficient (Wildman–Crippen LogP) is 2.67. The summed E-state index contributed by atoms with van der Waals surface area (Å²) in [4.78, 5) is 17.8. The molecule has 1 N–H and O–H groups in total. The zero-order valence-electron chi connectivity index (χ0n) is 10.9. The van der Waals surface area contributed by atoms with Crippen molar-refractivity contribution in [2.45, 2.75) is 33.6 Å². The van der Waals surface area contributed by atoms with Crippen LogP contribution in [0.25, 0.3) is 0 Å². The first-order valence-electron chi connectivity index (χ1n) is 6.22. The molecule has 1 aromatic heterocycles. The maximum absolute atomic E-state index is 11.4. The minimum Gasteiger partial charge on any atom is -0.371 e. The fraction of sp³-hybridized carbons (Fsp3) is 0.538. The van der Waals surface area contributed by atoms with Gasteiger partial charge in [0, 0.05) is 19.5 Å². The van der Waals surface area contributed by atoms with Crippen molar-refractivity contribution in [3.8, 4) is 0 Å². The zero-order valence-corrected chi connectivity index (χ0v) is 10.9. The number of amides is 1. The lowest BCUT2D eigenvalue weighted by Crippen LogP contribution is -2.22. The first kappa shape index (κ1) is 13.5. The molecule has 0 aliphatic carbocycles. The number of aromatic nitrogens is 1. The molecule has 1 aromatic rings. The van der Waals surface area contributed by atoms with Crippen LogP contribution in [0, 0.1) is 0 Å². The van der Waals surface area contributed by atoms with Crippen molar-refractivity contribution >= 4 is 17.4 Å². The Morgan fingerprint density at radius 1 is 1.29 bits per heavy atom. The van der Waals surface area contributed by atoms with Crippen molar-refractivity contribution in [2.24, 2.45) is 0 Å². The van der Waals surface area contributed by atoms with E-state index in [0.29, 0.717) is 12.2 Å². The zero-order chi connectivity index (χ0) is 12.7. The summed E-state index contributed by atoms with van der Waals surface area (Å²) in [5.74, 6) is 0.648. The summed E-state index contributed by atoms with van der Waals surface area (Å²) in [6.45, 7) is 8.12. The van der Waals surface area contributed by atoms with Crippen LogP contribution >= 0.6 is 0 Å². The highest BCUT2D eigenvalue weighted by atomic mass is 16.1. The number of hydrogen-bond acceptors (Lipinski definition) is 3. The normalized spacial score (nSPS) is 10.1. The van der Waals surface area contributed by atoms with Gasteiger partial charge in [-0.3, -0.25) is 4.79 Å². The summed E-state index contributed by atoms with van der Waals surface area (Å²) in [5.41, 5.74) is 1.09. The quantitative estimate of drug-likeness (QED) is 0.824. The molecule has 0 saturated carbocycles. The number of carbonyl (C=O) groups excluding carboxylic acids is 1. The topological polar surface area (TPSA) is 45.2 Å². The highest BCUT2D eigenvalue weighted by Crippen LogP contribution is 2.14. The van der Waals surface area contributed by atoms with Gasteiger partial charge < -0.3 is 10.2 Å². The number of pyridine rings is 1. The van der Waals surface area contributed by atoms with Crippen LogP contribution in [0.4, 0.5) is 11.5 Å². The second-order valence-electron chi connectivity index (χ2n) is 3.87. The molecule has 0 spiro atoms. The Hall–Kier alpha value is -1.58. The fourth-order valence-electron chi connectivity index (χ4n) is 1.67. The molecular weight excluding hydrogens is 214 g/mol. The second-order valence-corrected chi connectivity index (χ2v) is 3.87. The standard InChI is InChI=1S/C13H21N3O/c1-4-7-13(17)15-12-9-8-11(10-14-12)16(5-2)6-3/h8-10H,4-7H2,1-3H3,(H,14,15,17).